The topological polar surface area (TPSA) is 50.8 Å². The summed E-state index contributed by atoms with van der Waals surface area (Å²) in [7, 11) is 0. The monoisotopic (exact) mass is 306 g/mol. The average molecular weight is 306 g/mol. The Bertz CT molecular complexity index is 483. The van der Waals surface area contributed by atoms with Crippen molar-refractivity contribution in [3.63, 3.8) is 0 Å². The third-order valence-corrected chi connectivity index (χ3v) is 3.52. The quantitative estimate of drug-likeness (QED) is 0.910. The molecular weight excluding hydrogens is 280 g/mol. The molecule has 5 nitrogen and oxygen atoms in total. The van der Waals surface area contributed by atoms with Gasteiger partial charge in [-0.15, -0.1) is 0 Å². The number of amides is 2. The Morgan fingerprint density at radius 2 is 2.09 bits per heavy atom. The van der Waals surface area contributed by atoms with Crippen molar-refractivity contribution >= 4 is 6.03 Å². The lowest BCUT2D eigenvalue weighted by molar-refractivity contribution is -0.0545. The van der Waals surface area contributed by atoms with E-state index >= 15 is 0 Å². The molecule has 122 valence electrons. The molecule has 1 aromatic carbocycles. The number of carbonyl (C=O) groups is 1. The minimum Gasteiger partial charge on any atom is -0.494 e. The van der Waals surface area contributed by atoms with Crippen molar-refractivity contribution in [1.29, 1.82) is 0 Å². The van der Waals surface area contributed by atoms with Crippen molar-refractivity contribution in [1.82, 2.24) is 10.2 Å². The molecule has 1 aliphatic rings. The van der Waals surface area contributed by atoms with Crippen molar-refractivity contribution in [2.45, 2.75) is 45.9 Å². The highest BCUT2D eigenvalue weighted by Crippen LogP contribution is 2.14. The van der Waals surface area contributed by atoms with Crippen molar-refractivity contribution in [2.75, 3.05) is 19.7 Å². The fraction of sp³-hybridized carbons (Fsp3) is 0.588. The van der Waals surface area contributed by atoms with E-state index in [-0.39, 0.29) is 18.2 Å². The molecule has 2 rings (SSSR count). The Labute approximate surface area is 132 Å². The molecule has 1 N–H and O–H groups in total. The zero-order chi connectivity index (χ0) is 15.9. The molecule has 1 aromatic rings. The molecule has 1 saturated heterocycles. The summed E-state index contributed by atoms with van der Waals surface area (Å²) < 4.78 is 11.3. The first-order valence-electron chi connectivity index (χ1n) is 7.98. The summed E-state index contributed by atoms with van der Waals surface area (Å²) in [5, 5.41) is 2.97. The number of benzene rings is 1. The highest BCUT2D eigenvalue weighted by atomic mass is 16.5. The molecule has 2 amide bonds. The summed E-state index contributed by atoms with van der Waals surface area (Å²) >= 11 is 0. The molecule has 0 radical (unpaired) electrons. The lowest BCUT2D eigenvalue weighted by Gasteiger charge is -2.35. The van der Waals surface area contributed by atoms with E-state index in [9.17, 15) is 4.79 Å². The number of urea groups is 1. The highest BCUT2D eigenvalue weighted by molar-refractivity contribution is 5.74. The van der Waals surface area contributed by atoms with Gasteiger partial charge in [-0.25, -0.2) is 4.79 Å². The number of morpholine rings is 1. The molecule has 0 spiro atoms. The van der Waals surface area contributed by atoms with Gasteiger partial charge < -0.3 is 19.7 Å². The van der Waals surface area contributed by atoms with E-state index in [0.29, 0.717) is 26.2 Å². The van der Waals surface area contributed by atoms with Gasteiger partial charge in [0, 0.05) is 19.6 Å². The van der Waals surface area contributed by atoms with Gasteiger partial charge in [-0.1, -0.05) is 19.1 Å². The molecule has 2 unspecified atom stereocenters. The average Bonchev–Trinajstić information content (AvgIpc) is 2.50. The van der Waals surface area contributed by atoms with Crippen LogP contribution in [0.3, 0.4) is 0 Å². The van der Waals surface area contributed by atoms with E-state index in [1.54, 1.807) is 0 Å². The zero-order valence-electron chi connectivity index (χ0n) is 13.7. The maximum absolute atomic E-state index is 12.2. The molecule has 1 aliphatic heterocycles. The van der Waals surface area contributed by atoms with Gasteiger partial charge in [0.05, 0.1) is 18.8 Å². The first-order chi connectivity index (χ1) is 10.6. The van der Waals surface area contributed by atoms with Crippen LogP contribution in [-0.2, 0) is 11.3 Å². The van der Waals surface area contributed by atoms with E-state index in [1.165, 1.54) is 0 Å². The van der Waals surface area contributed by atoms with Gasteiger partial charge in [-0.2, -0.15) is 0 Å². The Kier molecular flexibility index (Phi) is 6.07. The van der Waals surface area contributed by atoms with Crippen molar-refractivity contribution in [2.24, 2.45) is 0 Å². The van der Waals surface area contributed by atoms with Crippen molar-refractivity contribution in [3.8, 4) is 5.75 Å². The molecule has 0 aromatic heterocycles. The first-order valence-corrected chi connectivity index (χ1v) is 7.98. The van der Waals surface area contributed by atoms with Crippen LogP contribution >= 0.6 is 0 Å². The van der Waals surface area contributed by atoms with E-state index < -0.39 is 0 Å². The third-order valence-electron chi connectivity index (χ3n) is 3.52. The van der Waals surface area contributed by atoms with Gasteiger partial charge in [-0.05, 0) is 38.0 Å². The van der Waals surface area contributed by atoms with Gasteiger partial charge in [0.25, 0.3) is 0 Å². The second-order valence-corrected chi connectivity index (χ2v) is 5.82. The van der Waals surface area contributed by atoms with Gasteiger partial charge in [0.1, 0.15) is 5.75 Å². The summed E-state index contributed by atoms with van der Waals surface area (Å²) in [6.45, 7) is 8.54. The predicted octanol–water partition coefficient (Wildman–Crippen LogP) is 2.79. The van der Waals surface area contributed by atoms with Crippen LogP contribution in [0.1, 0.15) is 32.8 Å². The maximum Gasteiger partial charge on any atom is 0.317 e. The third kappa shape index (κ3) is 4.91. The Hall–Kier alpha value is -1.75. The number of nitrogens with one attached hydrogen (secondary N) is 1. The first kappa shape index (κ1) is 16.6. The maximum atomic E-state index is 12.2. The van der Waals surface area contributed by atoms with Crippen LogP contribution in [0.5, 0.6) is 5.75 Å². The number of hydrogen-bond donors (Lipinski definition) is 1. The fourth-order valence-corrected chi connectivity index (χ4v) is 2.60. The highest BCUT2D eigenvalue weighted by Gasteiger charge is 2.25. The summed E-state index contributed by atoms with van der Waals surface area (Å²) in [4.78, 5) is 14.1. The smallest absolute Gasteiger partial charge is 0.317 e. The van der Waals surface area contributed by atoms with Crippen LogP contribution < -0.4 is 10.1 Å². The Morgan fingerprint density at radius 1 is 1.36 bits per heavy atom. The molecule has 0 aliphatic carbocycles. The molecular formula is C17H26N2O3. The minimum atomic E-state index is -0.0399. The SMILES string of the molecule is CCCOc1cccc(CNC(=O)N2CC(C)OC(C)C2)c1. The second kappa shape index (κ2) is 8.03. The van der Waals surface area contributed by atoms with Gasteiger partial charge in [0.2, 0.25) is 0 Å². The standard InChI is InChI=1S/C17H26N2O3/c1-4-8-21-16-7-5-6-15(9-16)10-18-17(20)19-11-13(2)22-14(3)12-19/h5-7,9,13-14H,4,8,10-12H2,1-3H3,(H,18,20). The van der Waals surface area contributed by atoms with Gasteiger partial charge in [-0.3, -0.25) is 0 Å². The van der Waals surface area contributed by atoms with E-state index in [2.05, 4.69) is 12.2 Å². The largest absolute Gasteiger partial charge is 0.494 e. The summed E-state index contributed by atoms with van der Waals surface area (Å²) in [5.74, 6) is 0.849. The summed E-state index contributed by atoms with van der Waals surface area (Å²) in [6.07, 6.45) is 1.15. The van der Waals surface area contributed by atoms with Crippen molar-refractivity contribution in [3.05, 3.63) is 29.8 Å². The molecule has 0 bridgehead atoms. The second-order valence-electron chi connectivity index (χ2n) is 5.82. The van der Waals surface area contributed by atoms with Crippen molar-refractivity contribution < 1.29 is 14.3 Å². The van der Waals surface area contributed by atoms with Crippen LogP contribution in [0.15, 0.2) is 24.3 Å². The minimum absolute atomic E-state index is 0.0399. The van der Waals surface area contributed by atoms with Crippen LogP contribution in [0.25, 0.3) is 0 Å². The lowest BCUT2D eigenvalue weighted by atomic mass is 10.2. The Morgan fingerprint density at radius 3 is 2.77 bits per heavy atom. The summed E-state index contributed by atoms with van der Waals surface area (Å²) in [6, 6.07) is 7.81. The van der Waals surface area contributed by atoms with Gasteiger partial charge >= 0.3 is 6.03 Å². The molecule has 0 saturated carbocycles. The molecule has 22 heavy (non-hydrogen) atoms. The number of nitrogens with zero attached hydrogens (tertiary/aromatic N) is 1. The van der Waals surface area contributed by atoms with E-state index in [4.69, 9.17) is 9.47 Å². The number of rotatable bonds is 5. The number of hydrogen-bond acceptors (Lipinski definition) is 3. The Balaban J connectivity index is 1.85. The van der Waals surface area contributed by atoms with Crippen LogP contribution in [0, 0.1) is 0 Å². The van der Waals surface area contributed by atoms with Crippen LogP contribution in [0.2, 0.25) is 0 Å². The zero-order valence-corrected chi connectivity index (χ0v) is 13.7. The number of ether oxygens (including phenoxy) is 2. The fourth-order valence-electron chi connectivity index (χ4n) is 2.60. The molecule has 2 atom stereocenters. The van der Waals surface area contributed by atoms with E-state index in [0.717, 1.165) is 17.7 Å². The van der Waals surface area contributed by atoms with E-state index in [1.807, 2.05) is 43.0 Å². The molecule has 1 heterocycles. The summed E-state index contributed by atoms with van der Waals surface area (Å²) in [5.41, 5.74) is 1.04. The predicted molar refractivity (Wildman–Crippen MR) is 86.0 cm³/mol. The normalized spacial score (nSPS) is 21.5. The molecule has 1 fully saturated rings. The number of carbonyl (C=O) groups excluding carboxylic acids is 1. The van der Waals surface area contributed by atoms with Crippen LogP contribution in [0.4, 0.5) is 4.79 Å². The molecule has 5 heteroatoms. The van der Waals surface area contributed by atoms with Crippen LogP contribution in [-0.4, -0.2) is 42.8 Å². The lowest BCUT2D eigenvalue weighted by Crippen LogP contribution is -2.51. The van der Waals surface area contributed by atoms with Gasteiger partial charge in [0.15, 0.2) is 0 Å².